The molecule has 1 aliphatic rings. The summed E-state index contributed by atoms with van der Waals surface area (Å²) in [5.41, 5.74) is 1.59. The van der Waals surface area contributed by atoms with Gasteiger partial charge in [0.25, 0.3) is 5.91 Å². The summed E-state index contributed by atoms with van der Waals surface area (Å²) in [5, 5.41) is 9.67. The van der Waals surface area contributed by atoms with Gasteiger partial charge in [-0.3, -0.25) is 19.2 Å². The van der Waals surface area contributed by atoms with Crippen molar-refractivity contribution in [3.05, 3.63) is 89.4 Å². The first kappa shape index (κ1) is 21.9. The zero-order valence-electron chi connectivity index (χ0n) is 18.9. The summed E-state index contributed by atoms with van der Waals surface area (Å²) < 4.78 is 6.93. The summed E-state index contributed by atoms with van der Waals surface area (Å²) in [5.74, 6) is 0.150. The van der Waals surface area contributed by atoms with Gasteiger partial charge in [0.2, 0.25) is 5.91 Å². The first-order valence-corrected chi connectivity index (χ1v) is 11.8. The minimum atomic E-state index is -1.19. The quantitative estimate of drug-likeness (QED) is 0.453. The molecule has 0 bridgehead atoms. The van der Waals surface area contributed by atoms with E-state index in [1.807, 2.05) is 47.8 Å². The molecule has 0 saturated heterocycles. The number of hydrogen-bond donors (Lipinski definition) is 1. The first-order chi connectivity index (χ1) is 16.5. The van der Waals surface area contributed by atoms with Crippen molar-refractivity contribution in [2.45, 2.75) is 25.6 Å². The Morgan fingerprint density at radius 2 is 1.88 bits per heavy atom. The molecule has 7 nitrogen and oxygen atoms in total. The van der Waals surface area contributed by atoms with Gasteiger partial charge < -0.3 is 10.1 Å². The van der Waals surface area contributed by atoms with E-state index in [2.05, 4.69) is 10.4 Å². The van der Waals surface area contributed by atoms with E-state index in [-0.39, 0.29) is 18.4 Å². The maximum atomic E-state index is 13.8. The lowest BCUT2D eigenvalue weighted by Crippen LogP contribution is -2.64. The fourth-order valence-corrected chi connectivity index (χ4v) is 4.91. The van der Waals surface area contributed by atoms with Gasteiger partial charge in [0.15, 0.2) is 0 Å². The Morgan fingerprint density at radius 1 is 1.12 bits per heavy atom. The number of rotatable bonds is 6. The lowest BCUT2D eigenvalue weighted by molar-refractivity contribution is -0.126. The molecule has 172 valence electrons. The number of nitrogens with one attached hydrogen (secondary N) is 1. The molecule has 3 heterocycles. The lowest BCUT2D eigenvalue weighted by atomic mass is 9.93. The Kier molecular flexibility index (Phi) is 5.67. The summed E-state index contributed by atoms with van der Waals surface area (Å²) in [6.07, 6.45) is 0. The Morgan fingerprint density at radius 3 is 2.56 bits per heavy atom. The van der Waals surface area contributed by atoms with Crippen molar-refractivity contribution in [3.63, 3.8) is 0 Å². The Bertz CT molecular complexity index is 1320. The highest BCUT2D eigenvalue weighted by molar-refractivity contribution is 7.13. The van der Waals surface area contributed by atoms with E-state index in [0.717, 1.165) is 16.1 Å². The van der Waals surface area contributed by atoms with Crippen LogP contribution < -0.4 is 15.0 Å². The van der Waals surface area contributed by atoms with E-state index in [9.17, 15) is 9.59 Å². The van der Waals surface area contributed by atoms with E-state index in [1.54, 1.807) is 65.3 Å². The maximum Gasteiger partial charge on any atom is 0.277 e. The molecule has 8 heteroatoms. The van der Waals surface area contributed by atoms with Crippen LogP contribution in [-0.2, 0) is 17.9 Å². The molecule has 0 spiro atoms. The van der Waals surface area contributed by atoms with Gasteiger partial charge in [-0.25, -0.2) is 0 Å². The third kappa shape index (κ3) is 3.86. The number of anilines is 1. The zero-order chi connectivity index (χ0) is 23.7. The molecule has 0 fully saturated rings. The van der Waals surface area contributed by atoms with Crippen molar-refractivity contribution in [3.8, 4) is 16.3 Å². The van der Waals surface area contributed by atoms with E-state index >= 15 is 0 Å². The zero-order valence-corrected chi connectivity index (χ0v) is 19.7. The van der Waals surface area contributed by atoms with Crippen LogP contribution in [0, 0.1) is 0 Å². The summed E-state index contributed by atoms with van der Waals surface area (Å²) >= 11 is 1.56. The fourth-order valence-electron chi connectivity index (χ4n) is 4.23. The number of carbonyl (C=O) groups is 2. The number of benzene rings is 2. The van der Waals surface area contributed by atoms with Crippen LogP contribution in [0.1, 0.15) is 23.0 Å². The highest BCUT2D eigenvalue weighted by Crippen LogP contribution is 2.35. The average Bonchev–Trinajstić information content (AvgIpc) is 3.54. The maximum absolute atomic E-state index is 13.8. The van der Waals surface area contributed by atoms with Gasteiger partial charge in [0, 0.05) is 12.2 Å². The van der Waals surface area contributed by atoms with Crippen LogP contribution >= 0.6 is 11.3 Å². The van der Waals surface area contributed by atoms with Crippen molar-refractivity contribution >= 4 is 28.8 Å². The minimum absolute atomic E-state index is 0.228. The van der Waals surface area contributed by atoms with Crippen LogP contribution in [0.15, 0.2) is 78.2 Å². The van der Waals surface area contributed by atoms with Crippen LogP contribution in [0.5, 0.6) is 5.75 Å². The van der Waals surface area contributed by atoms with Crippen molar-refractivity contribution in [1.82, 2.24) is 15.1 Å². The van der Waals surface area contributed by atoms with Crippen molar-refractivity contribution < 1.29 is 14.3 Å². The molecule has 0 radical (unpaired) electrons. The first-order valence-electron chi connectivity index (χ1n) is 10.9. The highest BCUT2D eigenvalue weighted by Gasteiger charge is 2.48. The smallest absolute Gasteiger partial charge is 0.277 e. The monoisotopic (exact) mass is 472 g/mol. The van der Waals surface area contributed by atoms with Crippen molar-refractivity contribution in [2.75, 3.05) is 12.0 Å². The van der Waals surface area contributed by atoms with E-state index in [0.29, 0.717) is 23.7 Å². The molecular formula is C26H24N4O3S. The van der Waals surface area contributed by atoms with Crippen molar-refractivity contribution in [2.24, 2.45) is 0 Å². The molecule has 0 unspecified atom stereocenters. The van der Waals surface area contributed by atoms with Gasteiger partial charge >= 0.3 is 0 Å². The molecule has 2 aromatic carbocycles. The molecule has 5 rings (SSSR count). The highest BCUT2D eigenvalue weighted by atomic mass is 32.1. The Labute approximate surface area is 201 Å². The Hall–Kier alpha value is -3.91. The largest absolute Gasteiger partial charge is 0.497 e. The van der Waals surface area contributed by atoms with Gasteiger partial charge in [-0.15, -0.1) is 11.3 Å². The van der Waals surface area contributed by atoms with Crippen LogP contribution in [0.25, 0.3) is 10.6 Å². The number of carbonyl (C=O) groups excluding carboxylic acids is 2. The predicted octanol–water partition coefficient (Wildman–Crippen LogP) is 4.36. The molecule has 1 atom stereocenters. The van der Waals surface area contributed by atoms with Crippen LogP contribution in [0.4, 0.5) is 5.69 Å². The second-order valence-corrected chi connectivity index (χ2v) is 9.28. The van der Waals surface area contributed by atoms with Gasteiger partial charge in [0.1, 0.15) is 22.7 Å². The van der Waals surface area contributed by atoms with Crippen molar-refractivity contribution in [1.29, 1.82) is 0 Å². The molecule has 2 aromatic heterocycles. The second kappa shape index (κ2) is 8.79. The number of nitrogens with zero attached hydrogens (tertiary/aromatic N) is 3. The van der Waals surface area contributed by atoms with Crippen LogP contribution in [0.2, 0.25) is 0 Å². The molecular weight excluding hydrogens is 448 g/mol. The van der Waals surface area contributed by atoms with E-state index in [1.165, 1.54) is 0 Å². The number of ether oxygens (including phenoxy) is 1. The molecule has 1 aliphatic heterocycles. The molecule has 0 saturated carbocycles. The number of fused-ring (bicyclic) bond motifs is 1. The van der Waals surface area contributed by atoms with E-state index in [4.69, 9.17) is 4.74 Å². The molecule has 0 aliphatic carbocycles. The third-order valence-corrected chi connectivity index (χ3v) is 6.94. The SMILES string of the molecule is COc1ccc(N2C(=O)c3cc(-c4cccs4)nn3C[C@@]2(C)C(=O)NCc2ccccc2)cc1. The lowest BCUT2D eigenvalue weighted by Gasteiger charge is -2.43. The summed E-state index contributed by atoms with van der Waals surface area (Å²) in [6.45, 7) is 2.38. The number of thiophene rings is 1. The van der Waals surface area contributed by atoms with Crippen LogP contribution in [-0.4, -0.2) is 34.2 Å². The average molecular weight is 473 g/mol. The molecule has 1 N–H and O–H groups in total. The fraction of sp³-hybridized carbons (Fsp3) is 0.192. The van der Waals surface area contributed by atoms with Gasteiger partial charge in [-0.2, -0.15) is 5.10 Å². The van der Waals surface area contributed by atoms with Gasteiger partial charge in [-0.1, -0.05) is 36.4 Å². The third-order valence-electron chi connectivity index (χ3n) is 6.04. The number of methoxy groups -OCH3 is 1. The molecule has 2 amide bonds. The Balaban J connectivity index is 1.54. The summed E-state index contributed by atoms with van der Waals surface area (Å²) in [6, 6.07) is 22.6. The molecule has 4 aromatic rings. The predicted molar refractivity (Wildman–Crippen MR) is 132 cm³/mol. The van der Waals surface area contributed by atoms with Gasteiger partial charge in [-0.05, 0) is 54.3 Å². The second-order valence-electron chi connectivity index (χ2n) is 8.33. The molecule has 34 heavy (non-hydrogen) atoms. The number of aromatic nitrogens is 2. The normalized spacial score (nSPS) is 17.4. The minimum Gasteiger partial charge on any atom is -0.497 e. The summed E-state index contributed by atoms with van der Waals surface area (Å²) in [4.78, 5) is 30.0. The standard InChI is InChI=1S/C26H24N4O3S/c1-26(25(32)27-16-18-7-4-3-5-8-18)17-29-22(15-21(28-29)23-9-6-14-34-23)24(31)30(26)19-10-12-20(33-2)13-11-19/h3-15H,16-17H2,1-2H3,(H,27,32)/t26-/m0/s1. The number of hydrogen-bond acceptors (Lipinski definition) is 5. The summed E-state index contributed by atoms with van der Waals surface area (Å²) in [7, 11) is 1.59. The topological polar surface area (TPSA) is 76.5 Å². The van der Waals surface area contributed by atoms with Gasteiger partial charge in [0.05, 0.1) is 18.5 Å². The number of amides is 2. The van der Waals surface area contributed by atoms with E-state index < -0.39 is 5.54 Å². The van der Waals surface area contributed by atoms with Crippen LogP contribution in [0.3, 0.4) is 0 Å².